The first kappa shape index (κ1) is 8.82. The minimum absolute atomic E-state index is 0.373. The van der Waals surface area contributed by atoms with Crippen LogP contribution in [0.15, 0.2) is 0 Å². The second kappa shape index (κ2) is 3.11. The van der Waals surface area contributed by atoms with Gasteiger partial charge in [0, 0.05) is 5.41 Å². The van der Waals surface area contributed by atoms with E-state index in [1.807, 2.05) is 0 Å². The maximum Gasteiger partial charge on any atom is 0.134 e. The van der Waals surface area contributed by atoms with Crippen molar-refractivity contribution < 1.29 is 9.59 Å². The lowest BCUT2D eigenvalue weighted by molar-refractivity contribution is -0.118. The fourth-order valence-electron chi connectivity index (χ4n) is 0.240. The van der Waals surface area contributed by atoms with Gasteiger partial charge in [-0.2, -0.15) is 0 Å². The Labute approximate surface area is 62.8 Å². The van der Waals surface area contributed by atoms with E-state index in [0.717, 1.165) is 6.29 Å². The molecule has 0 aromatic rings. The fraction of sp³-hybridized carbons (Fsp3) is 0.667. The van der Waals surface area contributed by atoms with Crippen LogP contribution in [0.3, 0.4) is 0 Å². The van der Waals surface area contributed by atoms with Gasteiger partial charge in [-0.15, -0.1) is 0 Å². The molecule has 0 aromatic heterocycles. The van der Waals surface area contributed by atoms with Crippen LogP contribution in [0.4, 0.5) is 0 Å². The van der Waals surface area contributed by atoms with E-state index >= 15 is 0 Å². The molecular formula is C6H9BrO2. The molecule has 0 bridgehead atoms. The van der Waals surface area contributed by atoms with Crippen molar-refractivity contribution in [2.24, 2.45) is 5.41 Å². The van der Waals surface area contributed by atoms with Crippen molar-refractivity contribution in [1.29, 1.82) is 0 Å². The molecule has 0 heterocycles. The highest BCUT2D eigenvalue weighted by atomic mass is 79.9. The smallest absolute Gasteiger partial charge is 0.134 e. The second-order valence-corrected chi connectivity index (χ2v) is 3.46. The molecule has 52 valence electrons. The minimum atomic E-state index is -0.582. The Morgan fingerprint density at radius 3 is 2.00 bits per heavy atom. The van der Waals surface area contributed by atoms with Crippen molar-refractivity contribution in [3.63, 3.8) is 0 Å². The van der Waals surface area contributed by atoms with Crippen LogP contribution in [0, 0.1) is 5.41 Å². The highest BCUT2D eigenvalue weighted by molar-refractivity contribution is 9.10. The van der Waals surface area contributed by atoms with Gasteiger partial charge in [0.2, 0.25) is 0 Å². The van der Waals surface area contributed by atoms with Gasteiger partial charge in [0.25, 0.3) is 0 Å². The Balaban J connectivity index is 4.11. The van der Waals surface area contributed by atoms with Gasteiger partial charge >= 0.3 is 0 Å². The molecule has 9 heavy (non-hydrogen) atoms. The summed E-state index contributed by atoms with van der Waals surface area (Å²) in [6.07, 6.45) is 1.48. The lowest BCUT2D eigenvalue weighted by Crippen LogP contribution is -2.26. The van der Waals surface area contributed by atoms with E-state index < -0.39 is 5.41 Å². The van der Waals surface area contributed by atoms with Crippen LogP contribution in [0.25, 0.3) is 0 Å². The van der Waals surface area contributed by atoms with Crippen molar-refractivity contribution in [3.8, 4) is 0 Å². The molecule has 0 aliphatic carbocycles. The van der Waals surface area contributed by atoms with Gasteiger partial charge in [-0.25, -0.2) is 0 Å². The maximum absolute atomic E-state index is 10.2. The maximum atomic E-state index is 10.2. The quantitative estimate of drug-likeness (QED) is 0.498. The topological polar surface area (TPSA) is 34.1 Å². The summed E-state index contributed by atoms with van der Waals surface area (Å²) in [6, 6.07) is 0. The average molecular weight is 193 g/mol. The SMILES string of the molecule is CC(C)(C=O)C(Br)C=O. The average Bonchev–Trinajstić information content (AvgIpc) is 1.86. The summed E-state index contributed by atoms with van der Waals surface area (Å²) >= 11 is 3.06. The summed E-state index contributed by atoms with van der Waals surface area (Å²) < 4.78 is 0. The normalized spacial score (nSPS) is 14.6. The van der Waals surface area contributed by atoms with Gasteiger partial charge in [-0.05, 0) is 0 Å². The Morgan fingerprint density at radius 2 is 1.89 bits per heavy atom. The van der Waals surface area contributed by atoms with Crippen molar-refractivity contribution >= 4 is 28.5 Å². The first-order valence-corrected chi connectivity index (χ1v) is 3.52. The van der Waals surface area contributed by atoms with Gasteiger partial charge < -0.3 is 9.59 Å². The number of carbonyl (C=O) groups excluding carboxylic acids is 2. The highest BCUT2D eigenvalue weighted by Gasteiger charge is 2.25. The standard InChI is InChI=1S/C6H9BrO2/c1-6(2,4-9)5(7)3-8/h3-5H,1-2H3. The van der Waals surface area contributed by atoms with E-state index in [9.17, 15) is 9.59 Å². The predicted molar refractivity (Wildman–Crippen MR) is 38.6 cm³/mol. The van der Waals surface area contributed by atoms with Crippen molar-refractivity contribution in [2.75, 3.05) is 0 Å². The summed E-state index contributed by atoms with van der Waals surface area (Å²) in [5, 5.41) is 0. The zero-order valence-electron chi connectivity index (χ0n) is 5.43. The molecule has 0 saturated heterocycles. The molecule has 2 nitrogen and oxygen atoms in total. The van der Waals surface area contributed by atoms with E-state index in [-0.39, 0.29) is 4.83 Å². The summed E-state index contributed by atoms with van der Waals surface area (Å²) in [4.78, 5) is 20.0. The summed E-state index contributed by atoms with van der Waals surface area (Å²) in [7, 11) is 0. The van der Waals surface area contributed by atoms with E-state index in [4.69, 9.17) is 0 Å². The zero-order valence-corrected chi connectivity index (χ0v) is 7.01. The minimum Gasteiger partial charge on any atom is -0.303 e. The van der Waals surface area contributed by atoms with Gasteiger partial charge in [0.15, 0.2) is 0 Å². The van der Waals surface area contributed by atoms with Gasteiger partial charge in [0.05, 0.1) is 4.83 Å². The fourth-order valence-corrected chi connectivity index (χ4v) is 0.348. The Morgan fingerprint density at radius 1 is 1.44 bits per heavy atom. The molecule has 1 atom stereocenters. The van der Waals surface area contributed by atoms with Crippen LogP contribution in [0.2, 0.25) is 0 Å². The Bertz CT molecular complexity index is 120. The molecule has 0 amide bonds. The molecule has 0 N–H and O–H groups in total. The van der Waals surface area contributed by atoms with E-state index in [2.05, 4.69) is 15.9 Å². The number of hydrogen-bond acceptors (Lipinski definition) is 2. The van der Waals surface area contributed by atoms with Gasteiger partial charge in [-0.1, -0.05) is 29.8 Å². The molecule has 0 spiro atoms. The Hall–Kier alpha value is -0.180. The number of alkyl halides is 1. The summed E-state index contributed by atoms with van der Waals surface area (Å²) in [6.45, 7) is 3.40. The molecular weight excluding hydrogens is 184 g/mol. The van der Waals surface area contributed by atoms with Crippen LogP contribution >= 0.6 is 15.9 Å². The van der Waals surface area contributed by atoms with Crippen molar-refractivity contribution in [1.82, 2.24) is 0 Å². The molecule has 1 unspecified atom stereocenters. The number of rotatable bonds is 3. The summed E-state index contributed by atoms with van der Waals surface area (Å²) in [5.41, 5.74) is -0.582. The largest absolute Gasteiger partial charge is 0.303 e. The molecule has 0 fully saturated rings. The van der Waals surface area contributed by atoms with Crippen LogP contribution in [-0.4, -0.2) is 17.4 Å². The van der Waals surface area contributed by atoms with E-state index in [0.29, 0.717) is 6.29 Å². The van der Waals surface area contributed by atoms with Crippen molar-refractivity contribution in [2.45, 2.75) is 18.7 Å². The Kier molecular flexibility index (Phi) is 3.04. The number of aldehydes is 2. The molecule has 3 heteroatoms. The van der Waals surface area contributed by atoms with Gasteiger partial charge in [-0.3, -0.25) is 0 Å². The number of carbonyl (C=O) groups is 2. The lowest BCUT2D eigenvalue weighted by Gasteiger charge is -2.17. The van der Waals surface area contributed by atoms with E-state index in [1.165, 1.54) is 0 Å². The lowest BCUT2D eigenvalue weighted by atomic mass is 9.92. The van der Waals surface area contributed by atoms with Crippen LogP contribution in [0.1, 0.15) is 13.8 Å². The van der Waals surface area contributed by atoms with Crippen LogP contribution in [0.5, 0.6) is 0 Å². The summed E-state index contributed by atoms with van der Waals surface area (Å²) in [5.74, 6) is 0. The van der Waals surface area contributed by atoms with Crippen molar-refractivity contribution in [3.05, 3.63) is 0 Å². The van der Waals surface area contributed by atoms with Crippen LogP contribution < -0.4 is 0 Å². The third kappa shape index (κ3) is 2.26. The molecule has 0 aromatic carbocycles. The number of halogens is 1. The molecule has 0 saturated carbocycles. The molecule has 0 radical (unpaired) electrons. The zero-order chi connectivity index (χ0) is 7.49. The first-order valence-electron chi connectivity index (χ1n) is 2.60. The monoisotopic (exact) mass is 192 g/mol. The predicted octanol–water partition coefficient (Wildman–Crippen LogP) is 1.17. The molecule has 0 rings (SSSR count). The van der Waals surface area contributed by atoms with E-state index in [1.54, 1.807) is 13.8 Å². The molecule has 0 aliphatic rings. The first-order chi connectivity index (χ1) is 4.04. The molecule has 0 aliphatic heterocycles. The second-order valence-electron chi connectivity index (χ2n) is 2.48. The number of hydrogen-bond donors (Lipinski definition) is 0. The third-order valence-corrected chi connectivity index (χ3v) is 2.53. The third-order valence-electron chi connectivity index (χ3n) is 1.13. The van der Waals surface area contributed by atoms with Gasteiger partial charge in [0.1, 0.15) is 12.6 Å². The van der Waals surface area contributed by atoms with Crippen LogP contribution in [-0.2, 0) is 9.59 Å². The highest BCUT2D eigenvalue weighted by Crippen LogP contribution is 2.21.